The highest BCUT2D eigenvalue weighted by molar-refractivity contribution is 7.89. The Morgan fingerprint density at radius 2 is 1.43 bits per heavy atom. The number of sulfonamides is 1. The molecule has 0 spiro atoms. The van der Waals surface area contributed by atoms with Crippen LogP contribution in [0.25, 0.3) is 0 Å². The Labute approximate surface area is 204 Å². The van der Waals surface area contributed by atoms with Gasteiger partial charge in [0.1, 0.15) is 11.6 Å². The Hall–Kier alpha value is -2.41. The minimum absolute atomic E-state index is 0.191. The fourth-order valence-corrected chi connectivity index (χ4v) is 6.34. The molecule has 0 aliphatic carbocycles. The van der Waals surface area contributed by atoms with Crippen molar-refractivity contribution in [2.45, 2.75) is 23.8 Å². The van der Waals surface area contributed by atoms with Crippen molar-refractivity contribution in [2.24, 2.45) is 0 Å². The summed E-state index contributed by atoms with van der Waals surface area (Å²) in [6.07, 6.45) is 2.67. The summed E-state index contributed by atoms with van der Waals surface area (Å²) in [5, 5.41) is 8.80. The number of nitrogens with zero attached hydrogens (tertiary/aromatic N) is 6. The molecule has 0 N–H and O–H groups in total. The molecule has 12 heteroatoms. The Morgan fingerprint density at radius 3 is 1.94 bits per heavy atom. The average molecular weight is 509 g/mol. The highest BCUT2D eigenvalue weighted by Gasteiger charge is 2.30. The Kier molecular flexibility index (Phi) is 7.14. The van der Waals surface area contributed by atoms with E-state index in [9.17, 15) is 17.2 Å². The molecule has 2 aromatic rings. The van der Waals surface area contributed by atoms with Crippen molar-refractivity contribution in [2.75, 3.05) is 75.3 Å². The van der Waals surface area contributed by atoms with Gasteiger partial charge in [0.25, 0.3) is 0 Å². The van der Waals surface area contributed by atoms with Crippen LogP contribution in [0.4, 0.5) is 20.4 Å². The second-order valence-corrected chi connectivity index (χ2v) is 11.1. The summed E-state index contributed by atoms with van der Waals surface area (Å²) in [4.78, 5) is 6.27. The molecule has 35 heavy (non-hydrogen) atoms. The second-order valence-electron chi connectivity index (χ2n) is 9.17. The Morgan fingerprint density at radius 1 is 0.857 bits per heavy atom. The first-order chi connectivity index (χ1) is 16.9. The summed E-state index contributed by atoms with van der Waals surface area (Å²) in [5.41, 5.74) is 0. The van der Waals surface area contributed by atoms with Gasteiger partial charge in [-0.25, -0.2) is 17.2 Å². The van der Waals surface area contributed by atoms with Gasteiger partial charge in [0.2, 0.25) is 10.0 Å². The molecule has 1 unspecified atom stereocenters. The molecular formula is C23H30F2N6O3S. The van der Waals surface area contributed by atoms with Crippen LogP contribution in [-0.2, 0) is 14.8 Å². The van der Waals surface area contributed by atoms with Crippen LogP contribution < -0.4 is 9.80 Å². The highest BCUT2D eigenvalue weighted by Crippen LogP contribution is 2.23. The van der Waals surface area contributed by atoms with E-state index >= 15 is 0 Å². The first-order valence-electron chi connectivity index (χ1n) is 12.0. The van der Waals surface area contributed by atoms with Crippen LogP contribution in [-0.4, -0.2) is 99.4 Å². The van der Waals surface area contributed by atoms with E-state index in [0.717, 1.165) is 70.1 Å². The molecule has 9 nitrogen and oxygen atoms in total. The van der Waals surface area contributed by atoms with Crippen molar-refractivity contribution >= 4 is 21.7 Å². The number of rotatable bonds is 6. The lowest BCUT2D eigenvalue weighted by Gasteiger charge is -2.36. The predicted molar refractivity (Wildman–Crippen MR) is 127 cm³/mol. The molecule has 0 radical (unpaired) electrons. The molecule has 5 rings (SSSR count). The number of piperazine rings is 2. The SMILES string of the molecule is O=S(=O)(c1cc(F)cc(F)c1)N1CCN(c2ccc(N3CCN(CC4CCCO4)CC3)nn2)CC1. The lowest BCUT2D eigenvalue weighted by Crippen LogP contribution is -2.49. The number of hydrogen-bond donors (Lipinski definition) is 0. The minimum atomic E-state index is -3.97. The maximum absolute atomic E-state index is 13.5. The van der Waals surface area contributed by atoms with Gasteiger partial charge in [0, 0.05) is 71.6 Å². The van der Waals surface area contributed by atoms with Gasteiger partial charge in [-0.2, -0.15) is 4.31 Å². The smallest absolute Gasteiger partial charge is 0.243 e. The molecule has 0 bridgehead atoms. The molecule has 190 valence electrons. The van der Waals surface area contributed by atoms with Gasteiger partial charge in [-0.3, -0.25) is 4.90 Å². The van der Waals surface area contributed by atoms with E-state index in [0.29, 0.717) is 31.1 Å². The molecule has 0 amide bonds. The number of aromatic nitrogens is 2. The first-order valence-corrected chi connectivity index (χ1v) is 13.5. The average Bonchev–Trinajstić information content (AvgIpc) is 3.37. The van der Waals surface area contributed by atoms with Gasteiger partial charge in [-0.05, 0) is 37.1 Å². The van der Waals surface area contributed by atoms with E-state index in [1.54, 1.807) is 0 Å². The number of hydrogen-bond acceptors (Lipinski definition) is 8. The van der Waals surface area contributed by atoms with Gasteiger partial charge in [-0.1, -0.05) is 0 Å². The van der Waals surface area contributed by atoms with E-state index < -0.39 is 21.7 Å². The zero-order chi connectivity index (χ0) is 24.4. The summed E-state index contributed by atoms with van der Waals surface area (Å²) in [6, 6.07) is 6.21. The van der Waals surface area contributed by atoms with Crippen LogP contribution in [0.5, 0.6) is 0 Å². The fraction of sp³-hybridized carbons (Fsp3) is 0.565. The summed E-state index contributed by atoms with van der Waals surface area (Å²) >= 11 is 0. The largest absolute Gasteiger partial charge is 0.377 e. The lowest BCUT2D eigenvalue weighted by atomic mass is 10.2. The maximum Gasteiger partial charge on any atom is 0.243 e. The van der Waals surface area contributed by atoms with Gasteiger partial charge in [0.15, 0.2) is 11.6 Å². The molecule has 3 saturated heterocycles. The number of anilines is 2. The summed E-state index contributed by atoms with van der Waals surface area (Å²) in [6.45, 7) is 6.78. The topological polar surface area (TPSA) is 82.1 Å². The van der Waals surface area contributed by atoms with Gasteiger partial charge < -0.3 is 14.5 Å². The molecule has 4 heterocycles. The van der Waals surface area contributed by atoms with Crippen LogP contribution in [0.15, 0.2) is 35.2 Å². The molecule has 1 atom stereocenters. The van der Waals surface area contributed by atoms with Crippen molar-refractivity contribution in [3.8, 4) is 0 Å². The molecule has 0 saturated carbocycles. The van der Waals surface area contributed by atoms with Crippen molar-refractivity contribution < 1.29 is 21.9 Å². The molecular weight excluding hydrogens is 478 g/mol. The van der Waals surface area contributed by atoms with E-state index in [1.807, 2.05) is 17.0 Å². The minimum Gasteiger partial charge on any atom is -0.377 e. The predicted octanol–water partition coefficient (Wildman–Crippen LogP) is 1.57. The Balaban J connectivity index is 1.14. The second kappa shape index (κ2) is 10.3. The molecule has 3 aliphatic rings. The normalized spacial score (nSPS) is 22.6. The first kappa shape index (κ1) is 24.3. The van der Waals surface area contributed by atoms with Crippen LogP contribution in [0.1, 0.15) is 12.8 Å². The van der Waals surface area contributed by atoms with Gasteiger partial charge in [0.05, 0.1) is 11.0 Å². The van der Waals surface area contributed by atoms with Gasteiger partial charge in [-0.15, -0.1) is 10.2 Å². The van der Waals surface area contributed by atoms with Crippen LogP contribution in [0.2, 0.25) is 0 Å². The van der Waals surface area contributed by atoms with Crippen LogP contribution in [0, 0.1) is 11.6 Å². The van der Waals surface area contributed by atoms with E-state index in [4.69, 9.17) is 4.74 Å². The standard InChI is InChI=1S/C23H30F2N6O3S/c24-18-14-19(25)16-21(15-18)35(32,33)31-11-9-30(10-12-31)23-4-3-22(26-27-23)29-7-5-28(6-8-29)17-20-2-1-13-34-20/h3-4,14-16,20H,1-2,5-13,17H2. The fourth-order valence-electron chi connectivity index (χ4n) is 4.88. The number of benzene rings is 1. The number of halogens is 2. The zero-order valence-corrected chi connectivity index (χ0v) is 20.3. The van der Waals surface area contributed by atoms with E-state index in [1.165, 1.54) is 4.31 Å². The maximum atomic E-state index is 13.5. The highest BCUT2D eigenvalue weighted by atomic mass is 32.2. The summed E-state index contributed by atoms with van der Waals surface area (Å²) in [5.74, 6) is -0.317. The number of ether oxygens (including phenoxy) is 1. The van der Waals surface area contributed by atoms with Crippen LogP contribution in [0.3, 0.4) is 0 Å². The molecule has 1 aromatic carbocycles. The summed E-state index contributed by atoms with van der Waals surface area (Å²) < 4.78 is 59.6. The van der Waals surface area contributed by atoms with Crippen molar-refractivity contribution in [3.63, 3.8) is 0 Å². The third kappa shape index (κ3) is 5.55. The summed E-state index contributed by atoms with van der Waals surface area (Å²) in [7, 11) is -3.97. The van der Waals surface area contributed by atoms with E-state index in [2.05, 4.69) is 20.0 Å². The van der Waals surface area contributed by atoms with Crippen molar-refractivity contribution in [3.05, 3.63) is 42.0 Å². The molecule has 3 fully saturated rings. The van der Waals surface area contributed by atoms with Crippen molar-refractivity contribution in [1.82, 2.24) is 19.4 Å². The van der Waals surface area contributed by atoms with Gasteiger partial charge >= 0.3 is 0 Å². The lowest BCUT2D eigenvalue weighted by molar-refractivity contribution is 0.0712. The van der Waals surface area contributed by atoms with Crippen LogP contribution >= 0.6 is 0 Å². The van der Waals surface area contributed by atoms with Crippen molar-refractivity contribution in [1.29, 1.82) is 0 Å². The third-order valence-electron chi connectivity index (χ3n) is 6.85. The monoisotopic (exact) mass is 508 g/mol. The molecule has 3 aliphatic heterocycles. The Bertz CT molecular complexity index is 1090. The third-order valence-corrected chi connectivity index (χ3v) is 8.73. The zero-order valence-electron chi connectivity index (χ0n) is 19.5. The quantitative estimate of drug-likeness (QED) is 0.582. The molecule has 1 aromatic heterocycles. The van der Waals surface area contributed by atoms with E-state index in [-0.39, 0.29) is 18.0 Å².